The van der Waals surface area contributed by atoms with Crippen molar-refractivity contribution in [3.63, 3.8) is 0 Å². The number of rotatable bonds is 34. The van der Waals surface area contributed by atoms with Crippen molar-refractivity contribution in [1.82, 2.24) is 5.32 Å². The van der Waals surface area contributed by atoms with Crippen LogP contribution in [-0.2, 0) is 14.3 Å². The molecular weight excluding hydrogens is 544 g/mol. The van der Waals surface area contributed by atoms with Crippen LogP contribution in [0.5, 0.6) is 0 Å². The average molecular weight is 624 g/mol. The first-order chi connectivity index (χ1) is 21.3. The van der Waals surface area contributed by atoms with Gasteiger partial charge in [0, 0.05) is 18.9 Å². The van der Waals surface area contributed by atoms with Gasteiger partial charge in [-0.25, -0.2) is 4.79 Å². The van der Waals surface area contributed by atoms with E-state index in [1.807, 2.05) is 0 Å². The number of likely N-dealkylation sites (N-methyl/N-ethyl adjacent to an activating group) is 1. The van der Waals surface area contributed by atoms with E-state index in [0.29, 0.717) is 24.2 Å². The van der Waals surface area contributed by atoms with Gasteiger partial charge in [0.15, 0.2) is 6.54 Å². The summed E-state index contributed by atoms with van der Waals surface area (Å²) in [4.78, 5) is 24.9. The summed E-state index contributed by atoms with van der Waals surface area (Å²) in [6.45, 7) is 9.07. The molecule has 0 aliphatic heterocycles. The Morgan fingerprint density at radius 3 is 1.39 bits per heavy atom. The van der Waals surface area contributed by atoms with Gasteiger partial charge in [0.2, 0.25) is 5.91 Å². The second kappa shape index (κ2) is 31.9. The maximum atomic E-state index is 12.5. The van der Waals surface area contributed by atoms with Crippen LogP contribution in [0.1, 0.15) is 194 Å². The molecule has 1 N–H and O–H groups in total. The molecule has 44 heavy (non-hydrogen) atoms. The second-order valence-corrected chi connectivity index (χ2v) is 14.5. The highest BCUT2D eigenvalue weighted by molar-refractivity contribution is 5.78. The van der Waals surface area contributed by atoms with E-state index in [2.05, 4.69) is 40.2 Å². The lowest BCUT2D eigenvalue weighted by Gasteiger charge is -2.28. The summed E-state index contributed by atoms with van der Waals surface area (Å²) in [5.41, 5.74) is 0. The van der Waals surface area contributed by atoms with Crippen LogP contribution in [0.2, 0.25) is 0 Å². The topological polar surface area (TPSA) is 55.4 Å². The van der Waals surface area contributed by atoms with Gasteiger partial charge in [-0.3, -0.25) is 4.79 Å². The fourth-order valence-corrected chi connectivity index (χ4v) is 6.10. The summed E-state index contributed by atoms with van der Waals surface area (Å²) in [5.74, 6) is 0.158. The number of quaternary nitrogens is 1. The van der Waals surface area contributed by atoms with Gasteiger partial charge < -0.3 is 14.5 Å². The number of carbonyl (C=O) groups excluding carboxylic acids is 2. The number of hydrogen-bond acceptors (Lipinski definition) is 3. The lowest BCUT2D eigenvalue weighted by molar-refractivity contribution is -0.883. The Balaban J connectivity index is 3.62. The van der Waals surface area contributed by atoms with Gasteiger partial charge in [-0.05, 0) is 12.8 Å². The maximum absolute atomic E-state index is 12.5. The van der Waals surface area contributed by atoms with Crippen LogP contribution in [0.4, 0.5) is 0 Å². The van der Waals surface area contributed by atoms with E-state index in [1.165, 1.54) is 141 Å². The van der Waals surface area contributed by atoms with Gasteiger partial charge in [0.25, 0.3) is 0 Å². The van der Waals surface area contributed by atoms with E-state index >= 15 is 0 Å². The zero-order valence-electron chi connectivity index (χ0n) is 30.7. The van der Waals surface area contributed by atoms with Crippen LogP contribution < -0.4 is 5.32 Å². The Morgan fingerprint density at radius 2 is 0.955 bits per heavy atom. The third-order valence-corrected chi connectivity index (χ3v) is 9.25. The molecule has 0 bridgehead atoms. The fourth-order valence-electron chi connectivity index (χ4n) is 6.10. The largest absolute Gasteiger partial charge is 0.462 e. The van der Waals surface area contributed by atoms with E-state index in [0.717, 1.165) is 38.6 Å². The molecule has 0 fully saturated rings. The predicted molar refractivity (Wildman–Crippen MR) is 191 cm³/mol. The van der Waals surface area contributed by atoms with Crippen molar-refractivity contribution >= 4 is 11.9 Å². The highest BCUT2D eigenvalue weighted by atomic mass is 16.5. The smallest absolute Gasteiger partial charge is 0.361 e. The molecule has 0 aromatic carbocycles. The van der Waals surface area contributed by atoms with Crippen molar-refractivity contribution in [3.05, 3.63) is 0 Å². The van der Waals surface area contributed by atoms with Crippen molar-refractivity contribution in [3.8, 4) is 0 Å². The van der Waals surface area contributed by atoms with Crippen LogP contribution in [0, 0.1) is 5.92 Å². The molecule has 1 unspecified atom stereocenters. The number of hydrogen-bond donors (Lipinski definition) is 1. The van der Waals surface area contributed by atoms with Crippen molar-refractivity contribution in [1.29, 1.82) is 0 Å². The van der Waals surface area contributed by atoms with E-state index in [1.54, 1.807) is 0 Å². The molecule has 0 rings (SSSR count). The average Bonchev–Trinajstić information content (AvgIpc) is 2.99. The Labute approximate surface area is 276 Å². The Hall–Kier alpha value is -1.10. The molecule has 0 aromatic heterocycles. The van der Waals surface area contributed by atoms with Gasteiger partial charge in [-0.1, -0.05) is 175 Å². The molecule has 262 valence electrons. The van der Waals surface area contributed by atoms with E-state index < -0.39 is 0 Å². The summed E-state index contributed by atoms with van der Waals surface area (Å²) < 4.78 is 6.12. The van der Waals surface area contributed by atoms with Crippen molar-refractivity contribution < 1.29 is 18.8 Å². The molecule has 0 saturated heterocycles. The van der Waals surface area contributed by atoms with Crippen LogP contribution >= 0.6 is 0 Å². The summed E-state index contributed by atoms with van der Waals surface area (Å²) in [6.07, 6.45) is 35.2. The Bertz CT molecular complexity index is 637. The van der Waals surface area contributed by atoms with Gasteiger partial charge in [0.1, 0.15) is 0 Å². The Kier molecular flexibility index (Phi) is 31.1. The number of nitrogens with one attached hydrogen (secondary N) is 1. The minimum absolute atomic E-state index is 0.0838. The number of ether oxygens (including phenoxy) is 1. The van der Waals surface area contributed by atoms with E-state index in [4.69, 9.17) is 4.74 Å². The molecule has 1 amide bonds. The quantitative estimate of drug-likeness (QED) is 0.0441. The van der Waals surface area contributed by atoms with Crippen LogP contribution in [0.25, 0.3) is 0 Å². The predicted octanol–water partition coefficient (Wildman–Crippen LogP) is 10.9. The second-order valence-electron chi connectivity index (χ2n) is 14.5. The monoisotopic (exact) mass is 624 g/mol. The summed E-state index contributed by atoms with van der Waals surface area (Å²) in [7, 11) is 4.15. The molecule has 0 heterocycles. The molecule has 0 aliphatic rings. The summed E-state index contributed by atoms with van der Waals surface area (Å²) >= 11 is 0. The first-order valence-electron chi connectivity index (χ1n) is 19.6. The highest BCUT2D eigenvalue weighted by Gasteiger charge is 2.21. The zero-order valence-corrected chi connectivity index (χ0v) is 30.7. The summed E-state index contributed by atoms with van der Waals surface area (Å²) in [5, 5.41) is 3.12. The van der Waals surface area contributed by atoms with E-state index in [9.17, 15) is 9.59 Å². The molecule has 0 aromatic rings. The third kappa shape index (κ3) is 30.9. The Morgan fingerprint density at radius 1 is 0.568 bits per heavy atom. The molecule has 0 aliphatic carbocycles. The number of nitrogens with zero attached hydrogens (tertiary/aromatic N) is 1. The first kappa shape index (κ1) is 42.9. The summed E-state index contributed by atoms with van der Waals surface area (Å²) in [6, 6.07) is 0. The molecule has 1 atom stereocenters. The van der Waals surface area contributed by atoms with Gasteiger partial charge in [-0.15, -0.1) is 0 Å². The van der Waals surface area contributed by atoms with Gasteiger partial charge in [-0.2, -0.15) is 0 Å². The van der Waals surface area contributed by atoms with Gasteiger partial charge >= 0.3 is 5.97 Å². The van der Waals surface area contributed by atoms with Crippen molar-refractivity contribution in [2.45, 2.75) is 194 Å². The number of unbranched alkanes of at least 4 members (excludes halogenated alkanes) is 23. The minimum Gasteiger partial charge on any atom is -0.462 e. The van der Waals surface area contributed by atoms with Crippen LogP contribution in [-0.4, -0.2) is 56.7 Å². The zero-order chi connectivity index (χ0) is 32.6. The normalized spacial score (nSPS) is 12.4. The lowest BCUT2D eigenvalue weighted by atomic mass is 10.0. The molecule has 0 radical (unpaired) electrons. The molecule has 0 saturated carbocycles. The third-order valence-electron chi connectivity index (χ3n) is 9.25. The standard InChI is InChI=1S/C39H78N2O3/c1-6-8-10-12-14-16-18-20-21-23-25-27-29-32-37(3)39(43)40-33-31-34-41(4,5)36-38(42)44-35-30-28-26-24-22-19-17-15-13-11-9-7-2/h37H,6-36H2,1-5H3/p+1. The molecular formula is C39H79N2O3+. The van der Waals surface area contributed by atoms with E-state index in [-0.39, 0.29) is 17.8 Å². The van der Waals surface area contributed by atoms with Crippen LogP contribution in [0.15, 0.2) is 0 Å². The maximum Gasteiger partial charge on any atom is 0.361 e. The fraction of sp³-hybridized carbons (Fsp3) is 0.949. The highest BCUT2D eigenvalue weighted by Crippen LogP contribution is 2.15. The lowest BCUT2D eigenvalue weighted by Crippen LogP contribution is -2.46. The van der Waals surface area contributed by atoms with Gasteiger partial charge in [0.05, 0.1) is 27.2 Å². The van der Waals surface area contributed by atoms with Crippen molar-refractivity contribution in [2.75, 3.05) is 40.3 Å². The van der Waals surface area contributed by atoms with Crippen molar-refractivity contribution in [2.24, 2.45) is 5.92 Å². The molecule has 5 nitrogen and oxygen atoms in total. The minimum atomic E-state index is -0.103. The van der Waals surface area contributed by atoms with Crippen LogP contribution in [0.3, 0.4) is 0 Å². The molecule has 5 heteroatoms. The SMILES string of the molecule is CCCCCCCCCCCCCCCC(C)C(=O)NCCC[N+](C)(C)CC(=O)OCCCCCCCCCCCCCC. The molecule has 0 spiro atoms. The number of esters is 1. The number of carbonyl (C=O) groups is 2. The first-order valence-corrected chi connectivity index (χ1v) is 19.6. The number of amides is 1.